The lowest BCUT2D eigenvalue weighted by molar-refractivity contribution is 0.0727. The van der Waals surface area contributed by atoms with Crippen LogP contribution in [0.2, 0.25) is 5.02 Å². The first-order chi connectivity index (χ1) is 20.9. The third kappa shape index (κ3) is 5.88. The Morgan fingerprint density at radius 2 is 1.86 bits per heavy atom. The van der Waals surface area contributed by atoms with Gasteiger partial charge in [0.15, 0.2) is 23.0 Å². The Kier molecular flexibility index (Phi) is 8.21. The van der Waals surface area contributed by atoms with E-state index >= 15 is 0 Å². The van der Waals surface area contributed by atoms with Gasteiger partial charge in [-0.1, -0.05) is 41.9 Å². The van der Waals surface area contributed by atoms with Crippen LogP contribution >= 0.6 is 34.2 Å². The van der Waals surface area contributed by atoms with Gasteiger partial charge in [-0.3, -0.25) is 4.79 Å². The van der Waals surface area contributed by atoms with Crippen LogP contribution < -0.4 is 24.4 Å². The summed E-state index contributed by atoms with van der Waals surface area (Å²) in [5.74, 6) is 0.629. The van der Waals surface area contributed by atoms with Crippen LogP contribution in [0.3, 0.4) is 0 Å². The molecular weight excluding hydrogens is 685 g/mol. The molecule has 6 rings (SSSR count). The number of nitrogens with one attached hydrogen (secondary N) is 2. The van der Waals surface area contributed by atoms with Gasteiger partial charge in [0.1, 0.15) is 5.69 Å². The minimum absolute atomic E-state index is 0.107. The molecule has 0 aliphatic carbocycles. The van der Waals surface area contributed by atoms with Crippen LogP contribution in [0.1, 0.15) is 33.3 Å². The molecule has 1 aliphatic rings. The van der Waals surface area contributed by atoms with Crippen LogP contribution in [0.5, 0.6) is 23.0 Å². The van der Waals surface area contributed by atoms with Crippen molar-refractivity contribution in [2.24, 2.45) is 5.10 Å². The lowest BCUT2D eigenvalue weighted by Gasteiger charge is -2.11. The monoisotopic (exact) mass is 707 g/mol. The summed E-state index contributed by atoms with van der Waals surface area (Å²) < 4.78 is 22.9. The molecule has 4 aromatic carbocycles. The zero-order chi connectivity index (χ0) is 29.9. The van der Waals surface area contributed by atoms with E-state index in [0.29, 0.717) is 51.3 Å². The van der Waals surface area contributed by atoms with E-state index in [9.17, 15) is 9.59 Å². The Morgan fingerprint density at radius 3 is 2.70 bits per heavy atom. The van der Waals surface area contributed by atoms with E-state index in [4.69, 9.17) is 30.5 Å². The Hall–Kier alpha value is -4.55. The molecule has 0 atom stereocenters. The third-order valence-corrected chi connectivity index (χ3v) is 7.84. The number of halogens is 2. The zero-order valence-corrected chi connectivity index (χ0v) is 25.6. The van der Waals surface area contributed by atoms with Gasteiger partial charge >= 0.3 is 5.97 Å². The molecule has 2 N–H and O–H groups in total. The van der Waals surface area contributed by atoms with E-state index in [1.54, 1.807) is 42.5 Å². The van der Waals surface area contributed by atoms with Crippen LogP contribution in [0.15, 0.2) is 84.0 Å². The van der Waals surface area contributed by atoms with Crippen LogP contribution in [0.25, 0.3) is 22.0 Å². The number of esters is 1. The number of aromatic amines is 1. The van der Waals surface area contributed by atoms with Crippen molar-refractivity contribution in [1.82, 2.24) is 10.4 Å². The second kappa shape index (κ2) is 12.4. The van der Waals surface area contributed by atoms with Crippen molar-refractivity contribution in [2.45, 2.75) is 6.92 Å². The molecule has 0 fully saturated rings. The van der Waals surface area contributed by atoms with Crippen LogP contribution in [0.4, 0.5) is 0 Å². The molecule has 1 aliphatic heterocycles. The summed E-state index contributed by atoms with van der Waals surface area (Å²) >= 11 is 8.75. The minimum Gasteiger partial charge on any atom is -0.490 e. The van der Waals surface area contributed by atoms with Gasteiger partial charge in [-0.2, -0.15) is 5.10 Å². The van der Waals surface area contributed by atoms with E-state index < -0.39 is 11.9 Å². The number of ether oxygens (including phenoxy) is 4. The zero-order valence-electron chi connectivity index (χ0n) is 22.6. The number of carbonyl (C=O) groups is 2. The highest BCUT2D eigenvalue weighted by molar-refractivity contribution is 14.1. The number of hydrogen-bond donors (Lipinski definition) is 2. The molecule has 0 bridgehead atoms. The van der Waals surface area contributed by atoms with Crippen LogP contribution in [-0.4, -0.2) is 36.5 Å². The number of rotatable bonds is 8. The molecule has 0 saturated carbocycles. The second-order valence-corrected chi connectivity index (χ2v) is 10.9. The molecular formula is C32H23ClIN3O6. The van der Waals surface area contributed by atoms with Gasteiger partial charge in [-0.25, -0.2) is 10.2 Å². The van der Waals surface area contributed by atoms with Crippen molar-refractivity contribution in [3.05, 3.63) is 104 Å². The van der Waals surface area contributed by atoms with Gasteiger partial charge in [0, 0.05) is 25.1 Å². The molecule has 0 spiro atoms. The van der Waals surface area contributed by atoms with Gasteiger partial charge in [-0.05, 0) is 83.6 Å². The fraction of sp³-hybridized carbons (Fsp3) is 0.0938. The highest BCUT2D eigenvalue weighted by atomic mass is 127. The Bertz CT molecular complexity index is 1900. The number of hydrazone groups is 1. The highest BCUT2D eigenvalue weighted by Gasteiger charge is 2.22. The summed E-state index contributed by atoms with van der Waals surface area (Å²) in [5.41, 5.74) is 6.13. The number of H-pyrrole nitrogens is 1. The summed E-state index contributed by atoms with van der Waals surface area (Å²) in [7, 11) is 0. The first-order valence-corrected chi connectivity index (χ1v) is 14.7. The molecule has 9 nitrogen and oxygen atoms in total. The standard InChI is InChI=1S/C32H23ClIN3O6/c1-2-40-26-14-18(10-12-25(26)43-32(39)19-11-13-24-27(15-19)42-17-41-24)16-35-37-31(38)30-28(20-6-3-4-8-22(20)33)21-7-5-9-23(34)29(21)36-30/h3-16,36H,2,17H2,1H3,(H,37,38). The molecule has 43 heavy (non-hydrogen) atoms. The molecule has 11 heteroatoms. The van der Waals surface area contributed by atoms with Crippen LogP contribution in [-0.2, 0) is 0 Å². The molecule has 216 valence electrons. The molecule has 0 radical (unpaired) electrons. The molecule has 1 aromatic heterocycles. The van der Waals surface area contributed by atoms with Gasteiger partial charge in [0.25, 0.3) is 5.91 Å². The van der Waals surface area contributed by atoms with E-state index in [-0.39, 0.29) is 12.5 Å². The number of amides is 1. The number of fused-ring (bicyclic) bond motifs is 2. The number of nitrogens with zero attached hydrogens (tertiary/aromatic N) is 1. The van der Waals surface area contributed by atoms with Gasteiger partial charge in [-0.15, -0.1) is 0 Å². The normalized spacial score (nSPS) is 12.1. The predicted molar refractivity (Wildman–Crippen MR) is 172 cm³/mol. The van der Waals surface area contributed by atoms with E-state index in [1.807, 2.05) is 43.3 Å². The van der Waals surface area contributed by atoms with Crippen molar-refractivity contribution in [3.63, 3.8) is 0 Å². The lowest BCUT2D eigenvalue weighted by Crippen LogP contribution is -2.19. The minimum atomic E-state index is -0.574. The van der Waals surface area contributed by atoms with Crippen molar-refractivity contribution in [2.75, 3.05) is 13.4 Å². The number of benzene rings is 4. The van der Waals surface area contributed by atoms with E-state index in [0.717, 1.165) is 20.0 Å². The number of hydrogen-bond acceptors (Lipinski definition) is 7. The molecule has 1 amide bonds. The fourth-order valence-corrected chi connectivity index (χ4v) is 5.52. The Morgan fingerprint density at radius 1 is 1.02 bits per heavy atom. The SMILES string of the molecule is CCOc1cc(C=NNC(=O)c2[nH]c3c(I)cccc3c2-c2ccccc2Cl)ccc1OC(=O)c1ccc2c(c1)OCO2. The largest absolute Gasteiger partial charge is 0.490 e. The average molecular weight is 708 g/mol. The molecule has 0 unspecified atom stereocenters. The van der Waals surface area contributed by atoms with Crippen molar-refractivity contribution < 1.29 is 28.5 Å². The van der Waals surface area contributed by atoms with E-state index in [1.165, 1.54) is 6.21 Å². The van der Waals surface area contributed by atoms with Gasteiger partial charge < -0.3 is 23.9 Å². The van der Waals surface area contributed by atoms with Crippen molar-refractivity contribution >= 4 is 63.2 Å². The summed E-state index contributed by atoms with van der Waals surface area (Å²) in [6.07, 6.45) is 1.48. The highest BCUT2D eigenvalue weighted by Crippen LogP contribution is 2.38. The summed E-state index contributed by atoms with van der Waals surface area (Å²) in [6, 6.07) is 23.0. The maximum atomic E-state index is 13.4. The number of aromatic nitrogens is 1. The lowest BCUT2D eigenvalue weighted by atomic mass is 10.0. The number of para-hydroxylation sites is 1. The third-order valence-electron chi connectivity index (χ3n) is 6.61. The van der Waals surface area contributed by atoms with E-state index in [2.05, 4.69) is 38.1 Å². The molecule has 5 aromatic rings. The maximum Gasteiger partial charge on any atom is 0.343 e. The molecule has 2 heterocycles. The smallest absolute Gasteiger partial charge is 0.343 e. The van der Waals surface area contributed by atoms with Crippen LogP contribution in [0, 0.1) is 3.57 Å². The summed E-state index contributed by atoms with van der Waals surface area (Å²) in [6.45, 7) is 2.27. The number of carbonyl (C=O) groups excluding carboxylic acids is 2. The Labute approximate surface area is 264 Å². The van der Waals surface area contributed by atoms with Crippen molar-refractivity contribution in [3.8, 4) is 34.1 Å². The maximum absolute atomic E-state index is 13.4. The van der Waals surface area contributed by atoms with Gasteiger partial charge in [0.05, 0.1) is 23.9 Å². The predicted octanol–water partition coefficient (Wildman–Crippen LogP) is 7.20. The summed E-state index contributed by atoms with van der Waals surface area (Å²) in [5, 5.41) is 5.58. The fourth-order valence-electron chi connectivity index (χ4n) is 4.66. The Balaban J connectivity index is 1.22. The second-order valence-electron chi connectivity index (χ2n) is 9.31. The quantitative estimate of drug-likeness (QED) is 0.0580. The van der Waals surface area contributed by atoms with Gasteiger partial charge in [0.2, 0.25) is 6.79 Å². The first kappa shape index (κ1) is 28.6. The van der Waals surface area contributed by atoms with Crippen molar-refractivity contribution in [1.29, 1.82) is 0 Å². The summed E-state index contributed by atoms with van der Waals surface area (Å²) in [4.78, 5) is 29.4. The topological polar surface area (TPSA) is 111 Å². The molecule has 0 saturated heterocycles. The first-order valence-electron chi connectivity index (χ1n) is 13.2. The average Bonchev–Trinajstić information content (AvgIpc) is 3.64.